The van der Waals surface area contributed by atoms with Crippen molar-refractivity contribution in [2.24, 2.45) is 0 Å². The van der Waals surface area contributed by atoms with E-state index in [9.17, 15) is 15.0 Å². The first-order chi connectivity index (χ1) is 9.06. The summed E-state index contributed by atoms with van der Waals surface area (Å²) in [5.74, 6) is -0.643. The minimum Gasteiger partial charge on any atom is -0.394 e. The average Bonchev–Trinajstić information content (AvgIpc) is 2.45. The number of hydrogen-bond donors (Lipinski definition) is 5. The van der Waals surface area contributed by atoms with Gasteiger partial charge in [-0.1, -0.05) is 30.3 Å². The zero-order chi connectivity index (χ0) is 14.3. The predicted octanol–water partition coefficient (Wildman–Crippen LogP) is -1.58. The Morgan fingerprint density at radius 3 is 2.37 bits per heavy atom. The number of carbonyl (C=O) groups is 1. The summed E-state index contributed by atoms with van der Waals surface area (Å²) in [7, 11) is 0. The number of aliphatic hydroxyl groups excluding tert-OH is 4. The van der Waals surface area contributed by atoms with Crippen molar-refractivity contribution in [3.05, 3.63) is 35.9 Å². The Bertz CT molecular complexity index is 384. The van der Waals surface area contributed by atoms with Crippen molar-refractivity contribution in [3.8, 4) is 0 Å². The first kappa shape index (κ1) is 15.7. The lowest BCUT2D eigenvalue weighted by Crippen LogP contribution is -2.46. The second-order valence-corrected chi connectivity index (χ2v) is 4.24. The molecular formula is C13H19NO5. The van der Waals surface area contributed by atoms with Gasteiger partial charge in [-0.25, -0.2) is 0 Å². The molecule has 1 aromatic rings. The van der Waals surface area contributed by atoms with Gasteiger partial charge in [-0.2, -0.15) is 0 Å². The Balaban J connectivity index is 2.35. The van der Waals surface area contributed by atoms with Gasteiger partial charge < -0.3 is 25.7 Å². The van der Waals surface area contributed by atoms with E-state index in [1.54, 1.807) is 0 Å². The normalized spacial score (nSPS) is 15.8. The van der Waals surface area contributed by atoms with Crippen LogP contribution in [0.2, 0.25) is 0 Å². The van der Waals surface area contributed by atoms with E-state index >= 15 is 0 Å². The molecule has 106 valence electrons. The highest BCUT2D eigenvalue weighted by atomic mass is 16.4. The van der Waals surface area contributed by atoms with Crippen molar-refractivity contribution >= 4 is 5.78 Å². The highest BCUT2D eigenvalue weighted by molar-refractivity contribution is 5.85. The fourth-order valence-corrected chi connectivity index (χ4v) is 1.54. The van der Waals surface area contributed by atoms with Gasteiger partial charge in [-0.15, -0.1) is 0 Å². The fourth-order valence-electron chi connectivity index (χ4n) is 1.54. The third-order valence-corrected chi connectivity index (χ3v) is 2.71. The van der Waals surface area contributed by atoms with Crippen LogP contribution in [0.15, 0.2) is 30.3 Å². The van der Waals surface area contributed by atoms with Crippen molar-refractivity contribution in [2.45, 2.75) is 24.9 Å². The second kappa shape index (κ2) is 7.98. The number of Topliss-reactive ketones (excluding diaryl/α,β-unsaturated/α-hetero) is 1. The van der Waals surface area contributed by atoms with Crippen LogP contribution in [0.1, 0.15) is 5.56 Å². The Morgan fingerprint density at radius 2 is 1.79 bits per heavy atom. The van der Waals surface area contributed by atoms with Gasteiger partial charge in [0.15, 0.2) is 5.78 Å². The number of benzene rings is 1. The third-order valence-electron chi connectivity index (χ3n) is 2.71. The fraction of sp³-hybridized carbons (Fsp3) is 0.462. The quantitative estimate of drug-likeness (QED) is 0.390. The number of aliphatic hydroxyl groups is 4. The molecule has 3 atom stereocenters. The largest absolute Gasteiger partial charge is 0.394 e. The molecule has 0 aliphatic heterocycles. The van der Waals surface area contributed by atoms with E-state index in [4.69, 9.17) is 10.2 Å². The van der Waals surface area contributed by atoms with Crippen LogP contribution in [-0.2, 0) is 11.3 Å². The predicted molar refractivity (Wildman–Crippen MR) is 68.3 cm³/mol. The molecule has 0 aromatic heterocycles. The Morgan fingerprint density at radius 1 is 1.16 bits per heavy atom. The minimum absolute atomic E-state index is 0.134. The first-order valence-electron chi connectivity index (χ1n) is 5.98. The lowest BCUT2D eigenvalue weighted by Gasteiger charge is -2.20. The van der Waals surface area contributed by atoms with E-state index in [0.29, 0.717) is 6.54 Å². The van der Waals surface area contributed by atoms with Crippen LogP contribution in [0.4, 0.5) is 0 Å². The van der Waals surface area contributed by atoms with Gasteiger partial charge in [-0.05, 0) is 5.56 Å². The average molecular weight is 269 g/mol. The summed E-state index contributed by atoms with van der Waals surface area (Å²) in [4.78, 5) is 11.5. The van der Waals surface area contributed by atoms with Gasteiger partial charge >= 0.3 is 0 Å². The molecule has 1 aromatic carbocycles. The van der Waals surface area contributed by atoms with Crippen LogP contribution in [-0.4, -0.2) is 57.7 Å². The van der Waals surface area contributed by atoms with Crippen LogP contribution in [0.25, 0.3) is 0 Å². The molecule has 0 aliphatic carbocycles. The molecule has 6 nitrogen and oxygen atoms in total. The standard InChI is InChI=1S/C13H19NO5/c15-8-11(17)13(19)12(18)10(16)7-14-6-9-4-2-1-3-5-9/h1-5,11-15,17-19H,6-8H2/t11-,12-,13-/m1/s1. The van der Waals surface area contributed by atoms with Gasteiger partial charge in [-0.3, -0.25) is 4.79 Å². The monoisotopic (exact) mass is 269 g/mol. The topological polar surface area (TPSA) is 110 Å². The van der Waals surface area contributed by atoms with Gasteiger partial charge in [0.2, 0.25) is 0 Å². The lowest BCUT2D eigenvalue weighted by atomic mass is 10.0. The van der Waals surface area contributed by atoms with Crippen molar-refractivity contribution in [2.75, 3.05) is 13.2 Å². The number of carbonyl (C=O) groups excluding carboxylic acids is 1. The van der Waals surface area contributed by atoms with Gasteiger partial charge in [0.1, 0.15) is 18.3 Å². The maximum Gasteiger partial charge on any atom is 0.177 e. The summed E-state index contributed by atoms with van der Waals surface area (Å²) in [6, 6.07) is 9.39. The summed E-state index contributed by atoms with van der Waals surface area (Å²) < 4.78 is 0. The van der Waals surface area contributed by atoms with Crippen molar-refractivity contribution in [1.82, 2.24) is 5.32 Å². The molecule has 5 N–H and O–H groups in total. The molecule has 0 amide bonds. The maximum absolute atomic E-state index is 11.5. The molecular weight excluding hydrogens is 250 g/mol. The Hall–Kier alpha value is -1.31. The SMILES string of the molecule is O=C(CNCc1ccccc1)[C@@H](O)[C@H](O)[C@H](O)CO. The van der Waals surface area contributed by atoms with E-state index in [0.717, 1.165) is 5.56 Å². The van der Waals surface area contributed by atoms with E-state index in [1.165, 1.54) is 0 Å². The van der Waals surface area contributed by atoms with Crippen LogP contribution >= 0.6 is 0 Å². The first-order valence-corrected chi connectivity index (χ1v) is 5.98. The number of nitrogens with one attached hydrogen (secondary N) is 1. The third kappa shape index (κ3) is 5.06. The van der Waals surface area contributed by atoms with E-state index < -0.39 is 30.7 Å². The molecule has 19 heavy (non-hydrogen) atoms. The molecule has 0 saturated carbocycles. The van der Waals surface area contributed by atoms with Gasteiger partial charge in [0.25, 0.3) is 0 Å². The molecule has 6 heteroatoms. The smallest absolute Gasteiger partial charge is 0.177 e. The number of ketones is 1. The maximum atomic E-state index is 11.5. The molecule has 0 fully saturated rings. The van der Waals surface area contributed by atoms with E-state index in [-0.39, 0.29) is 6.54 Å². The van der Waals surface area contributed by atoms with E-state index in [1.807, 2.05) is 30.3 Å². The molecule has 1 rings (SSSR count). The Kier molecular flexibility index (Phi) is 6.61. The van der Waals surface area contributed by atoms with E-state index in [2.05, 4.69) is 5.32 Å². The summed E-state index contributed by atoms with van der Waals surface area (Å²) in [6.45, 7) is -0.397. The zero-order valence-electron chi connectivity index (χ0n) is 10.4. The molecule has 0 saturated heterocycles. The van der Waals surface area contributed by atoms with Crippen LogP contribution in [0.5, 0.6) is 0 Å². The molecule has 0 heterocycles. The second-order valence-electron chi connectivity index (χ2n) is 4.24. The molecule has 0 spiro atoms. The summed E-state index contributed by atoms with van der Waals surface area (Å²) >= 11 is 0. The van der Waals surface area contributed by atoms with Gasteiger partial charge in [0.05, 0.1) is 13.2 Å². The van der Waals surface area contributed by atoms with Crippen LogP contribution in [0.3, 0.4) is 0 Å². The summed E-state index contributed by atoms with van der Waals surface area (Å²) in [6.07, 6.45) is -4.94. The molecule has 0 radical (unpaired) electrons. The zero-order valence-corrected chi connectivity index (χ0v) is 10.4. The highest BCUT2D eigenvalue weighted by Crippen LogP contribution is 2.02. The number of rotatable bonds is 8. The molecule has 0 aliphatic rings. The summed E-state index contributed by atoms with van der Waals surface area (Å²) in [5, 5.41) is 39.4. The van der Waals surface area contributed by atoms with Crippen molar-refractivity contribution in [3.63, 3.8) is 0 Å². The highest BCUT2D eigenvalue weighted by Gasteiger charge is 2.29. The molecule has 0 bridgehead atoms. The number of hydrogen-bond acceptors (Lipinski definition) is 6. The summed E-state index contributed by atoms with van der Waals surface area (Å²) in [5.41, 5.74) is 0.987. The molecule has 0 unspecified atom stereocenters. The van der Waals surface area contributed by atoms with Crippen molar-refractivity contribution < 1.29 is 25.2 Å². The lowest BCUT2D eigenvalue weighted by molar-refractivity contribution is -0.139. The van der Waals surface area contributed by atoms with Crippen molar-refractivity contribution in [1.29, 1.82) is 0 Å². The minimum atomic E-state index is -1.72. The van der Waals surface area contributed by atoms with Crippen LogP contribution < -0.4 is 5.32 Å². The van der Waals surface area contributed by atoms with Gasteiger partial charge in [0, 0.05) is 6.54 Å². The van der Waals surface area contributed by atoms with Crippen LogP contribution in [0, 0.1) is 0 Å². The Labute approximate surface area is 111 Å².